The first kappa shape index (κ1) is 20.1. The van der Waals surface area contributed by atoms with E-state index in [2.05, 4.69) is 50.5 Å². The molecule has 7 heteroatoms. The van der Waals surface area contributed by atoms with Crippen LogP contribution in [0, 0.1) is 6.92 Å². The topological polar surface area (TPSA) is 53.7 Å². The van der Waals surface area contributed by atoms with E-state index in [1.165, 1.54) is 17.9 Å². The van der Waals surface area contributed by atoms with Gasteiger partial charge in [0.25, 0.3) is 0 Å². The number of nitrogens with one attached hydrogen (secondary N) is 2. The number of imidazole rings is 1. The van der Waals surface area contributed by atoms with Crippen LogP contribution in [0.15, 0.2) is 29.4 Å². The van der Waals surface area contributed by atoms with Crippen molar-refractivity contribution in [2.75, 3.05) is 25.6 Å². The van der Waals surface area contributed by atoms with E-state index >= 15 is 0 Å². The van der Waals surface area contributed by atoms with Gasteiger partial charge in [0, 0.05) is 25.5 Å². The second kappa shape index (κ2) is 10.7. The Morgan fingerprint density at radius 1 is 1.30 bits per heavy atom. The van der Waals surface area contributed by atoms with Crippen molar-refractivity contribution in [1.29, 1.82) is 0 Å². The number of rotatable bonds is 7. The van der Waals surface area contributed by atoms with Crippen molar-refractivity contribution >= 4 is 47.3 Å². The number of hydrogen-bond acceptors (Lipinski definition) is 3. The molecule has 2 N–H and O–H groups in total. The molecule has 0 saturated carbocycles. The highest BCUT2D eigenvalue weighted by atomic mass is 127. The number of hydrogen-bond donors (Lipinski definition) is 2. The number of pyridine rings is 1. The molecule has 2 aromatic heterocycles. The summed E-state index contributed by atoms with van der Waals surface area (Å²) in [7, 11) is 1.80. The van der Waals surface area contributed by atoms with Crippen LogP contribution in [0.2, 0.25) is 0 Å². The maximum atomic E-state index is 4.62. The van der Waals surface area contributed by atoms with Gasteiger partial charge in [0.2, 0.25) is 0 Å². The molecule has 0 radical (unpaired) electrons. The van der Waals surface area contributed by atoms with Crippen LogP contribution in [0.25, 0.3) is 5.65 Å². The molecule has 0 fully saturated rings. The number of halogens is 1. The molecule has 0 spiro atoms. The Morgan fingerprint density at radius 2 is 2.13 bits per heavy atom. The molecule has 0 unspecified atom stereocenters. The van der Waals surface area contributed by atoms with Crippen molar-refractivity contribution in [1.82, 2.24) is 20.0 Å². The summed E-state index contributed by atoms with van der Waals surface area (Å²) in [4.78, 5) is 8.86. The van der Waals surface area contributed by atoms with Crippen LogP contribution in [-0.2, 0) is 6.54 Å². The summed E-state index contributed by atoms with van der Waals surface area (Å²) in [6.07, 6.45) is 6.61. The van der Waals surface area contributed by atoms with Gasteiger partial charge < -0.3 is 15.0 Å². The molecule has 0 bridgehead atoms. The van der Waals surface area contributed by atoms with Gasteiger partial charge in [0.15, 0.2) is 5.96 Å². The largest absolute Gasteiger partial charge is 0.356 e. The summed E-state index contributed by atoms with van der Waals surface area (Å²) in [5.74, 6) is 2.05. The smallest absolute Gasteiger partial charge is 0.191 e. The molecular formula is C16H26IN5S. The van der Waals surface area contributed by atoms with Crippen molar-refractivity contribution < 1.29 is 0 Å². The van der Waals surface area contributed by atoms with E-state index in [-0.39, 0.29) is 24.0 Å². The molecule has 23 heavy (non-hydrogen) atoms. The van der Waals surface area contributed by atoms with Gasteiger partial charge >= 0.3 is 0 Å². The number of aromatic nitrogens is 2. The SMILES string of the molecule is CN=C(NCCCCSC)NCc1cn2c(C)cccc2n1.I. The zero-order valence-corrected chi connectivity index (χ0v) is 17.1. The van der Waals surface area contributed by atoms with E-state index in [4.69, 9.17) is 0 Å². The Balaban J connectivity index is 0.00000264. The molecule has 2 aromatic rings. The lowest BCUT2D eigenvalue weighted by atomic mass is 10.3. The van der Waals surface area contributed by atoms with Crippen LogP contribution in [-0.4, -0.2) is 40.9 Å². The van der Waals surface area contributed by atoms with Crippen LogP contribution in [0.5, 0.6) is 0 Å². The molecule has 0 aliphatic heterocycles. The van der Waals surface area contributed by atoms with E-state index in [0.717, 1.165) is 30.3 Å². The third kappa shape index (κ3) is 6.21. The molecule has 2 heterocycles. The fraction of sp³-hybridized carbons (Fsp3) is 0.500. The number of aliphatic imine (C=N–C) groups is 1. The summed E-state index contributed by atoms with van der Waals surface area (Å²) in [6.45, 7) is 3.71. The zero-order chi connectivity index (χ0) is 15.8. The summed E-state index contributed by atoms with van der Waals surface area (Å²) in [5, 5.41) is 6.65. The summed E-state index contributed by atoms with van der Waals surface area (Å²) >= 11 is 1.89. The fourth-order valence-corrected chi connectivity index (χ4v) is 2.75. The van der Waals surface area contributed by atoms with E-state index in [9.17, 15) is 0 Å². The Hall–Kier alpha value is -0.960. The Morgan fingerprint density at radius 3 is 2.83 bits per heavy atom. The first-order valence-corrected chi connectivity index (χ1v) is 9.01. The average molecular weight is 447 g/mol. The van der Waals surface area contributed by atoms with Crippen molar-refractivity contribution in [2.24, 2.45) is 4.99 Å². The molecule has 0 aromatic carbocycles. The lowest BCUT2D eigenvalue weighted by Gasteiger charge is -2.10. The lowest BCUT2D eigenvalue weighted by molar-refractivity contribution is 0.730. The standard InChI is InChI=1S/C16H25N5S.HI/c1-13-7-6-8-15-20-14(12-21(13)15)11-19-16(17-2)18-9-4-5-10-22-3;/h6-8,12H,4-5,9-11H2,1-3H3,(H2,17,18,19);1H. The third-order valence-electron chi connectivity index (χ3n) is 3.47. The second-order valence-electron chi connectivity index (χ2n) is 5.18. The fourth-order valence-electron chi connectivity index (χ4n) is 2.26. The number of guanidine groups is 1. The molecule has 5 nitrogen and oxygen atoms in total. The number of unbranched alkanes of at least 4 members (excludes halogenated alkanes) is 1. The molecule has 0 aliphatic rings. The van der Waals surface area contributed by atoms with Crippen LogP contribution in [0.3, 0.4) is 0 Å². The Bertz CT molecular complexity index is 626. The number of fused-ring (bicyclic) bond motifs is 1. The van der Waals surface area contributed by atoms with E-state index in [0.29, 0.717) is 6.54 Å². The minimum Gasteiger partial charge on any atom is -0.356 e. The molecule has 2 rings (SSSR count). The van der Waals surface area contributed by atoms with Crippen LogP contribution >= 0.6 is 35.7 Å². The third-order valence-corrected chi connectivity index (χ3v) is 4.17. The van der Waals surface area contributed by atoms with E-state index < -0.39 is 0 Å². The van der Waals surface area contributed by atoms with Gasteiger partial charge in [-0.1, -0.05) is 6.07 Å². The summed E-state index contributed by atoms with van der Waals surface area (Å²) in [5.41, 5.74) is 3.18. The van der Waals surface area contributed by atoms with Gasteiger partial charge in [-0.2, -0.15) is 11.8 Å². The monoisotopic (exact) mass is 447 g/mol. The molecular weight excluding hydrogens is 421 g/mol. The van der Waals surface area contributed by atoms with E-state index in [1.54, 1.807) is 7.05 Å². The van der Waals surface area contributed by atoms with Crippen molar-refractivity contribution in [2.45, 2.75) is 26.3 Å². The zero-order valence-electron chi connectivity index (χ0n) is 14.0. The first-order chi connectivity index (χ1) is 10.7. The first-order valence-electron chi connectivity index (χ1n) is 7.61. The lowest BCUT2D eigenvalue weighted by Crippen LogP contribution is -2.37. The van der Waals surface area contributed by atoms with Crippen LogP contribution in [0.1, 0.15) is 24.2 Å². The molecule has 0 aliphatic carbocycles. The Kier molecular flexibility index (Phi) is 9.39. The second-order valence-corrected chi connectivity index (χ2v) is 6.17. The maximum absolute atomic E-state index is 4.62. The van der Waals surface area contributed by atoms with Gasteiger partial charge in [0.1, 0.15) is 5.65 Å². The highest BCUT2D eigenvalue weighted by Gasteiger charge is 2.04. The maximum Gasteiger partial charge on any atom is 0.191 e. The summed E-state index contributed by atoms with van der Waals surface area (Å²) in [6, 6.07) is 6.14. The van der Waals surface area contributed by atoms with Gasteiger partial charge in [-0.3, -0.25) is 4.99 Å². The average Bonchev–Trinajstić information content (AvgIpc) is 2.94. The van der Waals surface area contributed by atoms with Crippen molar-refractivity contribution in [3.63, 3.8) is 0 Å². The minimum atomic E-state index is 0. The quantitative estimate of drug-likeness (QED) is 0.297. The van der Waals surface area contributed by atoms with Crippen molar-refractivity contribution in [3.8, 4) is 0 Å². The van der Waals surface area contributed by atoms with Crippen LogP contribution in [0.4, 0.5) is 0 Å². The molecule has 128 valence electrons. The minimum absolute atomic E-state index is 0. The van der Waals surface area contributed by atoms with Gasteiger partial charge in [-0.05, 0) is 43.9 Å². The summed E-state index contributed by atoms with van der Waals surface area (Å²) < 4.78 is 2.11. The highest BCUT2D eigenvalue weighted by molar-refractivity contribution is 14.0. The number of nitrogens with zero attached hydrogens (tertiary/aromatic N) is 3. The van der Waals surface area contributed by atoms with Gasteiger partial charge in [0.05, 0.1) is 12.2 Å². The predicted octanol–water partition coefficient (Wildman–Crippen LogP) is 3.07. The van der Waals surface area contributed by atoms with Gasteiger partial charge in [-0.15, -0.1) is 24.0 Å². The normalized spacial score (nSPS) is 11.3. The van der Waals surface area contributed by atoms with Gasteiger partial charge in [-0.25, -0.2) is 4.98 Å². The predicted molar refractivity (Wildman–Crippen MR) is 111 cm³/mol. The molecule has 0 amide bonds. The highest BCUT2D eigenvalue weighted by Crippen LogP contribution is 2.08. The number of thioether (sulfide) groups is 1. The van der Waals surface area contributed by atoms with Crippen molar-refractivity contribution in [3.05, 3.63) is 35.8 Å². The molecule has 0 atom stereocenters. The van der Waals surface area contributed by atoms with E-state index in [1.807, 2.05) is 23.9 Å². The molecule has 0 saturated heterocycles. The Labute approximate surface area is 159 Å². The van der Waals surface area contributed by atoms with Crippen LogP contribution < -0.4 is 10.6 Å². The number of aryl methyl sites for hydroxylation is 1.